The maximum absolute atomic E-state index is 12.5. The fraction of sp³-hybridized carbons (Fsp3) is 0.231. The first kappa shape index (κ1) is 20.9. The van der Waals surface area contributed by atoms with Crippen molar-refractivity contribution < 1.29 is 9.53 Å². The molecule has 1 aromatic heterocycles. The van der Waals surface area contributed by atoms with E-state index in [9.17, 15) is 4.79 Å². The number of amides is 1. The molecule has 2 heterocycles. The summed E-state index contributed by atoms with van der Waals surface area (Å²) in [6, 6.07) is 17.9. The lowest BCUT2D eigenvalue weighted by molar-refractivity contribution is 0.1000. The van der Waals surface area contributed by atoms with Crippen LogP contribution in [0.25, 0.3) is 0 Å². The minimum Gasteiger partial charge on any atom is -0.458 e. The van der Waals surface area contributed by atoms with Gasteiger partial charge in [0.1, 0.15) is 22.9 Å². The molecule has 0 spiro atoms. The van der Waals surface area contributed by atoms with Gasteiger partial charge < -0.3 is 21.1 Å². The number of rotatable bonds is 6. The zero-order chi connectivity index (χ0) is 22.8. The van der Waals surface area contributed by atoms with Gasteiger partial charge in [0, 0.05) is 25.2 Å². The number of carbonyl (C=O) groups is 1. The highest BCUT2D eigenvalue weighted by atomic mass is 16.5. The zero-order valence-electron chi connectivity index (χ0n) is 18.5. The van der Waals surface area contributed by atoms with Crippen LogP contribution in [-0.2, 0) is 0 Å². The second-order valence-electron chi connectivity index (χ2n) is 8.21. The number of benzene rings is 2. The third-order valence-corrected chi connectivity index (χ3v) is 6.17. The Kier molecular flexibility index (Phi) is 5.60. The maximum atomic E-state index is 12.5. The standard InChI is InChI=1S/C26H27N5O2/c1-28-21-10-6-5-9-20(21)22-15-16-29-26-23(25(27)32)24(30-31(22)26)17-11-13-19(14-12-17)33-18-7-3-2-4-8-18/h2-11,13-14,17,22,28-29H,12,15-16H2,1H3,(H2,27,32). The average Bonchev–Trinajstić information content (AvgIpc) is 3.25. The normalized spacial score (nSPS) is 19.2. The van der Waals surface area contributed by atoms with E-state index in [4.69, 9.17) is 15.6 Å². The van der Waals surface area contributed by atoms with Crippen molar-refractivity contribution in [2.24, 2.45) is 5.73 Å². The van der Waals surface area contributed by atoms with Crippen molar-refractivity contribution in [1.82, 2.24) is 9.78 Å². The van der Waals surface area contributed by atoms with Gasteiger partial charge in [0.25, 0.3) is 5.91 Å². The van der Waals surface area contributed by atoms with Crippen LogP contribution in [0.3, 0.4) is 0 Å². The highest BCUT2D eigenvalue weighted by Gasteiger charge is 2.33. The molecule has 1 amide bonds. The number of aromatic nitrogens is 2. The topological polar surface area (TPSA) is 94.2 Å². The molecule has 1 aliphatic carbocycles. The molecule has 7 nitrogen and oxygen atoms in total. The fourth-order valence-electron chi connectivity index (χ4n) is 4.61. The van der Waals surface area contributed by atoms with Crippen LogP contribution in [0, 0.1) is 0 Å². The lowest BCUT2D eigenvalue weighted by Gasteiger charge is -2.28. The summed E-state index contributed by atoms with van der Waals surface area (Å²) in [5, 5.41) is 11.6. The smallest absolute Gasteiger partial charge is 0.254 e. The molecule has 7 heteroatoms. The molecule has 1 aliphatic heterocycles. The van der Waals surface area contributed by atoms with Crippen LogP contribution in [-0.4, -0.2) is 29.3 Å². The molecule has 0 saturated heterocycles. The van der Waals surface area contributed by atoms with Gasteiger partial charge in [0.2, 0.25) is 0 Å². The Labute approximate surface area is 192 Å². The van der Waals surface area contributed by atoms with Crippen LogP contribution in [0.15, 0.2) is 78.6 Å². The van der Waals surface area contributed by atoms with Crippen molar-refractivity contribution in [2.45, 2.75) is 24.8 Å². The summed E-state index contributed by atoms with van der Waals surface area (Å²) in [6.45, 7) is 0.740. The number of primary amides is 1. The van der Waals surface area contributed by atoms with Gasteiger partial charge in [-0.15, -0.1) is 0 Å². The number of nitrogens with one attached hydrogen (secondary N) is 2. The molecule has 0 bridgehead atoms. The summed E-state index contributed by atoms with van der Waals surface area (Å²) in [4.78, 5) is 12.5. The summed E-state index contributed by atoms with van der Waals surface area (Å²) in [7, 11) is 1.92. The summed E-state index contributed by atoms with van der Waals surface area (Å²) < 4.78 is 7.87. The lowest BCUT2D eigenvalue weighted by atomic mass is 9.93. The Morgan fingerprint density at radius 1 is 1.18 bits per heavy atom. The van der Waals surface area contributed by atoms with E-state index in [1.165, 1.54) is 0 Å². The number of hydrogen-bond donors (Lipinski definition) is 3. The molecule has 0 fully saturated rings. The number of carbonyl (C=O) groups excluding carboxylic acids is 1. The van der Waals surface area contributed by atoms with Gasteiger partial charge in [-0.1, -0.05) is 42.5 Å². The number of nitrogens with two attached hydrogens (primary N) is 1. The zero-order valence-corrected chi connectivity index (χ0v) is 18.5. The fourth-order valence-corrected chi connectivity index (χ4v) is 4.61. The van der Waals surface area contributed by atoms with Gasteiger partial charge in [-0.3, -0.25) is 4.79 Å². The first-order chi connectivity index (χ1) is 16.2. The summed E-state index contributed by atoms with van der Waals surface area (Å²) >= 11 is 0. The molecular formula is C26H27N5O2. The summed E-state index contributed by atoms with van der Waals surface area (Å²) in [6.07, 6.45) is 7.54. The molecule has 2 atom stereocenters. The number of anilines is 2. The van der Waals surface area contributed by atoms with E-state index in [1.54, 1.807) is 0 Å². The number of fused-ring (bicyclic) bond motifs is 1. The molecule has 0 saturated carbocycles. The van der Waals surface area contributed by atoms with E-state index >= 15 is 0 Å². The van der Waals surface area contributed by atoms with Crippen molar-refractivity contribution in [2.75, 3.05) is 24.2 Å². The SMILES string of the molecule is CNc1ccccc1C1CCNc2c(C(N)=O)c(C3C=CC(Oc4ccccc4)=CC3)nn21. The van der Waals surface area contributed by atoms with Crippen molar-refractivity contribution >= 4 is 17.4 Å². The van der Waals surface area contributed by atoms with Crippen LogP contribution in [0.1, 0.15) is 46.4 Å². The third-order valence-electron chi connectivity index (χ3n) is 6.17. The predicted molar refractivity (Wildman–Crippen MR) is 130 cm³/mol. The van der Waals surface area contributed by atoms with Gasteiger partial charge in [-0.2, -0.15) is 5.10 Å². The van der Waals surface area contributed by atoms with E-state index in [1.807, 2.05) is 72.4 Å². The summed E-state index contributed by atoms with van der Waals surface area (Å²) in [5.41, 5.74) is 9.22. The van der Waals surface area contributed by atoms with Gasteiger partial charge in [0.15, 0.2) is 0 Å². The quantitative estimate of drug-likeness (QED) is 0.526. The number of ether oxygens (including phenoxy) is 1. The molecule has 4 N–H and O–H groups in total. The van der Waals surface area contributed by atoms with Crippen molar-refractivity contribution in [1.29, 1.82) is 0 Å². The minimum absolute atomic E-state index is 0.0110. The number of allylic oxidation sites excluding steroid dienone is 3. The number of para-hydroxylation sites is 2. The molecular weight excluding hydrogens is 414 g/mol. The second kappa shape index (κ2) is 8.86. The van der Waals surface area contributed by atoms with E-state index in [-0.39, 0.29) is 12.0 Å². The van der Waals surface area contributed by atoms with Crippen LogP contribution >= 0.6 is 0 Å². The predicted octanol–water partition coefficient (Wildman–Crippen LogP) is 4.44. The Balaban J connectivity index is 1.47. The van der Waals surface area contributed by atoms with Crippen molar-refractivity contribution in [3.05, 3.63) is 95.4 Å². The van der Waals surface area contributed by atoms with Crippen LogP contribution in [0.4, 0.5) is 11.5 Å². The molecule has 3 aromatic rings. The molecule has 0 radical (unpaired) electrons. The first-order valence-corrected chi connectivity index (χ1v) is 11.2. The second-order valence-corrected chi connectivity index (χ2v) is 8.21. The van der Waals surface area contributed by atoms with Crippen molar-refractivity contribution in [3.63, 3.8) is 0 Å². The molecule has 2 unspecified atom stereocenters. The Bertz CT molecular complexity index is 1230. The van der Waals surface area contributed by atoms with Gasteiger partial charge in [0.05, 0.1) is 11.7 Å². The molecule has 5 rings (SSSR count). The van der Waals surface area contributed by atoms with Crippen LogP contribution < -0.4 is 21.1 Å². The maximum Gasteiger partial charge on any atom is 0.254 e. The molecule has 33 heavy (non-hydrogen) atoms. The van der Waals surface area contributed by atoms with E-state index in [0.717, 1.165) is 35.7 Å². The highest BCUT2D eigenvalue weighted by Crippen LogP contribution is 2.39. The van der Waals surface area contributed by atoms with Crippen LogP contribution in [0.2, 0.25) is 0 Å². The van der Waals surface area contributed by atoms with E-state index in [2.05, 4.69) is 22.8 Å². The average molecular weight is 442 g/mol. The van der Waals surface area contributed by atoms with Crippen LogP contribution in [0.5, 0.6) is 5.75 Å². The monoisotopic (exact) mass is 441 g/mol. The third kappa shape index (κ3) is 3.98. The van der Waals surface area contributed by atoms with E-state index in [0.29, 0.717) is 23.5 Å². The molecule has 2 aromatic carbocycles. The van der Waals surface area contributed by atoms with Gasteiger partial charge in [-0.25, -0.2) is 4.68 Å². The molecule has 2 aliphatic rings. The Morgan fingerprint density at radius 3 is 2.70 bits per heavy atom. The van der Waals surface area contributed by atoms with Gasteiger partial charge >= 0.3 is 0 Å². The first-order valence-electron chi connectivity index (χ1n) is 11.2. The summed E-state index contributed by atoms with van der Waals surface area (Å²) in [5.74, 6) is 1.74. The number of nitrogens with zero attached hydrogens (tertiary/aromatic N) is 2. The van der Waals surface area contributed by atoms with E-state index < -0.39 is 5.91 Å². The minimum atomic E-state index is -0.468. The van der Waals surface area contributed by atoms with Gasteiger partial charge in [-0.05, 0) is 48.8 Å². The largest absolute Gasteiger partial charge is 0.458 e. The highest BCUT2D eigenvalue weighted by molar-refractivity contribution is 5.99. The Hall–Kier alpha value is -4.00. The number of hydrogen-bond acceptors (Lipinski definition) is 5. The lowest BCUT2D eigenvalue weighted by Crippen LogP contribution is -2.26. The van der Waals surface area contributed by atoms with Crippen molar-refractivity contribution in [3.8, 4) is 5.75 Å². The molecule has 168 valence electrons. The Morgan fingerprint density at radius 2 is 1.97 bits per heavy atom.